The summed E-state index contributed by atoms with van der Waals surface area (Å²) in [6.45, 7) is 2.43. The fourth-order valence-electron chi connectivity index (χ4n) is 2.37. The van der Waals surface area contributed by atoms with Gasteiger partial charge in [-0.2, -0.15) is 0 Å². The number of benzene rings is 1. The average Bonchev–Trinajstić information content (AvgIpc) is 2.89. The Hall–Kier alpha value is -1.40. The van der Waals surface area contributed by atoms with Crippen molar-refractivity contribution >= 4 is 15.8 Å². The van der Waals surface area contributed by atoms with Crippen molar-refractivity contribution in [1.29, 1.82) is 0 Å². The minimum atomic E-state index is -3.51. The van der Waals surface area contributed by atoms with Gasteiger partial charge in [-0.05, 0) is 37.0 Å². The number of sulfone groups is 1. The Kier molecular flexibility index (Phi) is 4.45. The molecule has 2 rings (SSSR count). The molecular weight excluding hydrogens is 280 g/mol. The first-order chi connectivity index (χ1) is 9.44. The monoisotopic (exact) mass is 298 g/mol. The molecule has 1 aliphatic rings. The van der Waals surface area contributed by atoms with Crippen LogP contribution in [0.25, 0.3) is 0 Å². The average molecular weight is 298 g/mol. The maximum Gasteiger partial charge on any atom is 0.336 e. The van der Waals surface area contributed by atoms with Gasteiger partial charge < -0.3 is 9.84 Å². The maximum atomic E-state index is 12.3. The molecule has 1 unspecified atom stereocenters. The Morgan fingerprint density at radius 3 is 2.75 bits per heavy atom. The summed E-state index contributed by atoms with van der Waals surface area (Å²) in [6, 6.07) is 4.31. The van der Waals surface area contributed by atoms with Gasteiger partial charge in [0, 0.05) is 6.61 Å². The standard InChI is InChI=1S/C14H18O5S/c1-2-10-5-6-12(8-13(10)14(15)16)20(17,18)9-11-4-3-7-19-11/h5-6,8,11H,2-4,7,9H2,1H3,(H,15,16). The molecule has 5 nitrogen and oxygen atoms in total. The molecule has 0 saturated carbocycles. The summed E-state index contributed by atoms with van der Waals surface area (Å²) >= 11 is 0. The molecule has 1 aliphatic heterocycles. The van der Waals surface area contributed by atoms with Crippen LogP contribution >= 0.6 is 0 Å². The molecule has 0 bridgehead atoms. The molecule has 0 aromatic heterocycles. The van der Waals surface area contributed by atoms with E-state index in [9.17, 15) is 13.2 Å². The Bertz CT molecular complexity index is 600. The van der Waals surface area contributed by atoms with E-state index in [4.69, 9.17) is 9.84 Å². The van der Waals surface area contributed by atoms with E-state index >= 15 is 0 Å². The first kappa shape index (κ1) is 15.0. The lowest BCUT2D eigenvalue weighted by Crippen LogP contribution is -2.20. The van der Waals surface area contributed by atoms with Crippen molar-refractivity contribution in [2.24, 2.45) is 0 Å². The fraction of sp³-hybridized carbons (Fsp3) is 0.500. The van der Waals surface area contributed by atoms with E-state index in [1.54, 1.807) is 6.07 Å². The fourth-order valence-corrected chi connectivity index (χ4v) is 3.89. The van der Waals surface area contributed by atoms with Gasteiger partial charge in [0.2, 0.25) is 0 Å². The van der Waals surface area contributed by atoms with Gasteiger partial charge in [-0.1, -0.05) is 13.0 Å². The number of rotatable bonds is 5. The first-order valence-corrected chi connectivity index (χ1v) is 8.30. The third-order valence-corrected chi connectivity index (χ3v) is 5.26. The Labute approximate surface area is 118 Å². The van der Waals surface area contributed by atoms with E-state index in [0.29, 0.717) is 18.6 Å². The van der Waals surface area contributed by atoms with Crippen LogP contribution in [0.3, 0.4) is 0 Å². The van der Waals surface area contributed by atoms with E-state index in [0.717, 1.165) is 12.8 Å². The van der Waals surface area contributed by atoms with Crippen LogP contribution in [-0.2, 0) is 21.0 Å². The van der Waals surface area contributed by atoms with Gasteiger partial charge in [0.1, 0.15) is 0 Å². The molecule has 0 radical (unpaired) electrons. The van der Waals surface area contributed by atoms with Crippen LogP contribution in [-0.4, -0.2) is 38.0 Å². The smallest absolute Gasteiger partial charge is 0.336 e. The first-order valence-electron chi connectivity index (χ1n) is 6.64. The second kappa shape index (κ2) is 5.93. The third kappa shape index (κ3) is 3.19. The molecule has 20 heavy (non-hydrogen) atoms. The van der Waals surface area contributed by atoms with Gasteiger partial charge in [0.15, 0.2) is 9.84 Å². The molecule has 1 heterocycles. The maximum absolute atomic E-state index is 12.3. The molecule has 110 valence electrons. The lowest BCUT2D eigenvalue weighted by atomic mass is 10.1. The van der Waals surface area contributed by atoms with Crippen LogP contribution < -0.4 is 0 Å². The van der Waals surface area contributed by atoms with E-state index in [-0.39, 0.29) is 22.3 Å². The number of aryl methyl sites for hydroxylation is 1. The highest BCUT2D eigenvalue weighted by Gasteiger charge is 2.25. The van der Waals surface area contributed by atoms with Crippen molar-refractivity contribution in [1.82, 2.24) is 0 Å². The van der Waals surface area contributed by atoms with Gasteiger partial charge in [-0.15, -0.1) is 0 Å². The number of carbonyl (C=O) groups is 1. The molecule has 1 atom stereocenters. The van der Waals surface area contributed by atoms with Gasteiger partial charge in [0.25, 0.3) is 0 Å². The van der Waals surface area contributed by atoms with Crippen LogP contribution in [0.5, 0.6) is 0 Å². The number of aromatic carboxylic acids is 1. The molecular formula is C14H18O5S. The largest absolute Gasteiger partial charge is 0.478 e. The predicted molar refractivity (Wildman–Crippen MR) is 73.8 cm³/mol. The molecule has 1 saturated heterocycles. The van der Waals surface area contributed by atoms with Crippen LogP contribution in [0.2, 0.25) is 0 Å². The highest BCUT2D eigenvalue weighted by molar-refractivity contribution is 7.91. The van der Waals surface area contributed by atoms with Gasteiger partial charge >= 0.3 is 5.97 Å². The molecule has 6 heteroatoms. The van der Waals surface area contributed by atoms with Crippen molar-refractivity contribution in [3.05, 3.63) is 29.3 Å². The summed E-state index contributed by atoms with van der Waals surface area (Å²) < 4.78 is 29.9. The quantitative estimate of drug-likeness (QED) is 0.898. The zero-order valence-corrected chi connectivity index (χ0v) is 12.1. The number of ether oxygens (including phenoxy) is 1. The summed E-state index contributed by atoms with van der Waals surface area (Å²) in [4.78, 5) is 11.2. The van der Waals surface area contributed by atoms with E-state index in [2.05, 4.69) is 0 Å². The minimum Gasteiger partial charge on any atom is -0.478 e. The summed E-state index contributed by atoms with van der Waals surface area (Å²) in [5.41, 5.74) is 0.689. The van der Waals surface area contributed by atoms with Crippen molar-refractivity contribution in [2.45, 2.75) is 37.2 Å². The summed E-state index contributed by atoms with van der Waals surface area (Å²) in [5, 5.41) is 9.15. The SMILES string of the molecule is CCc1ccc(S(=O)(=O)CC2CCCO2)cc1C(=O)O. The highest BCUT2D eigenvalue weighted by Crippen LogP contribution is 2.22. The molecule has 1 aromatic carbocycles. The van der Waals surface area contributed by atoms with Crippen LogP contribution in [0.15, 0.2) is 23.1 Å². The zero-order chi connectivity index (χ0) is 14.8. The molecule has 1 N–H and O–H groups in total. The number of hydrogen-bond acceptors (Lipinski definition) is 4. The molecule has 0 aliphatic carbocycles. The molecule has 0 spiro atoms. The van der Waals surface area contributed by atoms with Gasteiger partial charge in [0.05, 0.1) is 22.3 Å². The van der Waals surface area contributed by atoms with Crippen molar-refractivity contribution in [3.8, 4) is 0 Å². The highest BCUT2D eigenvalue weighted by atomic mass is 32.2. The Morgan fingerprint density at radius 1 is 1.45 bits per heavy atom. The van der Waals surface area contributed by atoms with Gasteiger partial charge in [-0.25, -0.2) is 13.2 Å². The number of hydrogen-bond donors (Lipinski definition) is 1. The van der Waals surface area contributed by atoms with Crippen LogP contribution in [0, 0.1) is 0 Å². The van der Waals surface area contributed by atoms with Crippen molar-refractivity contribution < 1.29 is 23.1 Å². The minimum absolute atomic E-state index is 0.0564. The second-order valence-corrected chi connectivity index (χ2v) is 6.93. The number of carboxylic acids is 1. The number of carboxylic acid groups (broad SMARTS) is 1. The lowest BCUT2D eigenvalue weighted by Gasteiger charge is -2.12. The van der Waals surface area contributed by atoms with Gasteiger partial charge in [-0.3, -0.25) is 0 Å². The summed E-state index contributed by atoms with van der Waals surface area (Å²) in [7, 11) is -3.51. The lowest BCUT2D eigenvalue weighted by molar-refractivity contribution is 0.0695. The topological polar surface area (TPSA) is 80.7 Å². The van der Waals surface area contributed by atoms with Crippen molar-refractivity contribution in [3.63, 3.8) is 0 Å². The van der Waals surface area contributed by atoms with E-state index in [1.165, 1.54) is 12.1 Å². The van der Waals surface area contributed by atoms with E-state index in [1.807, 2.05) is 6.92 Å². The van der Waals surface area contributed by atoms with Crippen LogP contribution in [0.1, 0.15) is 35.7 Å². The Morgan fingerprint density at radius 2 is 2.20 bits per heavy atom. The predicted octanol–water partition coefficient (Wildman–Crippen LogP) is 1.90. The van der Waals surface area contributed by atoms with E-state index < -0.39 is 15.8 Å². The molecule has 1 fully saturated rings. The third-order valence-electron chi connectivity index (χ3n) is 3.48. The zero-order valence-electron chi connectivity index (χ0n) is 11.3. The Balaban J connectivity index is 2.31. The normalized spacial score (nSPS) is 19.1. The summed E-state index contributed by atoms with van der Waals surface area (Å²) in [6.07, 6.45) is 1.88. The second-order valence-electron chi connectivity index (χ2n) is 4.89. The van der Waals surface area contributed by atoms with Crippen molar-refractivity contribution in [2.75, 3.05) is 12.4 Å². The molecule has 1 aromatic rings. The molecule has 0 amide bonds. The summed E-state index contributed by atoms with van der Waals surface area (Å²) in [5.74, 6) is -1.19. The van der Waals surface area contributed by atoms with Crippen LogP contribution in [0.4, 0.5) is 0 Å².